The summed E-state index contributed by atoms with van der Waals surface area (Å²) in [5.41, 5.74) is 1.00. The Morgan fingerprint density at radius 2 is 1.70 bits per heavy atom. The maximum absolute atomic E-state index is 11.9. The Hall–Kier alpha value is -0.800. The summed E-state index contributed by atoms with van der Waals surface area (Å²) in [7, 11) is -3.24. The lowest BCUT2D eigenvalue weighted by Gasteiger charge is -2.19. The number of unbranched alkanes of at least 4 members (excludes halogenated alkanes) is 2. The van der Waals surface area contributed by atoms with Crippen LogP contribution in [0.4, 0.5) is 5.69 Å². The van der Waals surface area contributed by atoms with Crippen LogP contribution in [-0.4, -0.2) is 31.5 Å². The van der Waals surface area contributed by atoms with E-state index >= 15 is 0 Å². The summed E-state index contributed by atoms with van der Waals surface area (Å²) in [6.45, 7) is 6.38. The molecule has 0 spiro atoms. The third-order valence-corrected chi connectivity index (χ3v) is 6.00. The summed E-state index contributed by atoms with van der Waals surface area (Å²) in [6, 6.07) is 7.53. The Bertz CT molecular complexity index is 554. The van der Waals surface area contributed by atoms with E-state index in [9.17, 15) is 8.42 Å². The van der Waals surface area contributed by atoms with Crippen LogP contribution >= 0.6 is 12.0 Å². The van der Waals surface area contributed by atoms with Gasteiger partial charge in [0.2, 0.25) is 10.0 Å². The van der Waals surface area contributed by atoms with Crippen molar-refractivity contribution >= 4 is 27.8 Å². The van der Waals surface area contributed by atoms with Gasteiger partial charge < -0.3 is 5.32 Å². The molecule has 0 bridgehead atoms. The molecule has 3 N–H and O–H groups in total. The van der Waals surface area contributed by atoms with Crippen LogP contribution in [0.15, 0.2) is 29.2 Å². The summed E-state index contributed by atoms with van der Waals surface area (Å²) in [6.07, 6.45) is 2.74. The summed E-state index contributed by atoms with van der Waals surface area (Å²) < 4.78 is 29.6. The molecule has 6 nitrogen and oxygen atoms in total. The van der Waals surface area contributed by atoms with Gasteiger partial charge in [-0.05, 0) is 57.9 Å². The molecular weight excluding hydrogens is 336 g/mol. The Kier molecular flexibility index (Phi) is 8.35. The van der Waals surface area contributed by atoms with Gasteiger partial charge in [0.05, 0.1) is 16.8 Å². The molecule has 23 heavy (non-hydrogen) atoms. The standard InChI is InChI=1S/C15H26N2O4S2/c1-15(2,3)23(19,20)17-12-6-4-5-11-16-13-7-9-14(10-8-13)22-21-18/h7-10,16-18H,4-6,11-12H2,1-3H3. The SMILES string of the molecule is CC(C)(C)S(=O)(=O)NCCCCCNc1ccc(SOO)cc1. The van der Waals surface area contributed by atoms with Crippen molar-refractivity contribution in [2.75, 3.05) is 18.4 Å². The van der Waals surface area contributed by atoms with Crippen LogP contribution < -0.4 is 10.0 Å². The molecule has 0 aliphatic carbocycles. The predicted octanol–water partition coefficient (Wildman–Crippen LogP) is 3.48. The first kappa shape index (κ1) is 20.2. The lowest BCUT2D eigenvalue weighted by Crippen LogP contribution is -2.39. The highest BCUT2D eigenvalue weighted by Gasteiger charge is 2.27. The van der Waals surface area contributed by atoms with Gasteiger partial charge in [0, 0.05) is 23.7 Å². The highest BCUT2D eigenvalue weighted by Crippen LogP contribution is 2.20. The smallest absolute Gasteiger partial charge is 0.216 e. The number of anilines is 1. The largest absolute Gasteiger partial charge is 0.385 e. The zero-order chi connectivity index (χ0) is 17.3. The lowest BCUT2D eigenvalue weighted by molar-refractivity contribution is -0.116. The van der Waals surface area contributed by atoms with Crippen molar-refractivity contribution in [3.8, 4) is 0 Å². The van der Waals surface area contributed by atoms with Crippen LogP contribution in [0.25, 0.3) is 0 Å². The van der Waals surface area contributed by atoms with Crippen LogP contribution in [0.5, 0.6) is 0 Å². The number of benzene rings is 1. The average Bonchev–Trinajstić information content (AvgIpc) is 2.47. The van der Waals surface area contributed by atoms with E-state index in [4.69, 9.17) is 5.26 Å². The first-order chi connectivity index (χ1) is 10.8. The molecule has 8 heteroatoms. The fourth-order valence-electron chi connectivity index (χ4n) is 1.75. The third-order valence-electron chi connectivity index (χ3n) is 3.27. The summed E-state index contributed by atoms with van der Waals surface area (Å²) >= 11 is 0.897. The molecule has 0 heterocycles. The van der Waals surface area contributed by atoms with Crippen molar-refractivity contribution in [2.24, 2.45) is 0 Å². The molecule has 0 fully saturated rings. The average molecular weight is 363 g/mol. The molecule has 0 amide bonds. The third kappa shape index (κ3) is 7.54. The zero-order valence-electron chi connectivity index (χ0n) is 13.8. The van der Waals surface area contributed by atoms with Crippen molar-refractivity contribution in [1.29, 1.82) is 0 Å². The van der Waals surface area contributed by atoms with E-state index < -0.39 is 14.8 Å². The second-order valence-corrected chi connectivity index (χ2v) is 9.49. The quantitative estimate of drug-likeness (QED) is 0.256. The highest BCUT2D eigenvalue weighted by atomic mass is 32.2. The van der Waals surface area contributed by atoms with Gasteiger partial charge in [0.1, 0.15) is 0 Å². The van der Waals surface area contributed by atoms with Crippen molar-refractivity contribution in [1.82, 2.24) is 4.72 Å². The van der Waals surface area contributed by atoms with Crippen LogP contribution in [0.1, 0.15) is 40.0 Å². The zero-order valence-corrected chi connectivity index (χ0v) is 15.5. The minimum Gasteiger partial charge on any atom is -0.385 e. The van der Waals surface area contributed by atoms with E-state index in [1.807, 2.05) is 24.3 Å². The number of rotatable bonds is 10. The van der Waals surface area contributed by atoms with E-state index in [0.29, 0.717) is 6.54 Å². The van der Waals surface area contributed by atoms with Crippen LogP contribution in [0.3, 0.4) is 0 Å². The first-order valence-electron chi connectivity index (χ1n) is 7.57. The van der Waals surface area contributed by atoms with Crippen LogP contribution in [0.2, 0.25) is 0 Å². The Labute approximate surface area is 143 Å². The fourth-order valence-corrected chi connectivity index (χ4v) is 2.93. The normalized spacial score (nSPS) is 12.3. The van der Waals surface area contributed by atoms with Gasteiger partial charge in [-0.25, -0.2) is 18.4 Å². The van der Waals surface area contributed by atoms with Crippen molar-refractivity contribution < 1.29 is 18.0 Å². The second kappa shape index (κ2) is 9.48. The van der Waals surface area contributed by atoms with E-state index in [2.05, 4.69) is 14.4 Å². The Balaban J connectivity index is 2.14. The van der Waals surface area contributed by atoms with Crippen molar-refractivity contribution in [3.05, 3.63) is 24.3 Å². The minimum absolute atomic E-state index is 0.479. The molecule has 1 aromatic carbocycles. The fraction of sp³-hybridized carbons (Fsp3) is 0.600. The number of nitrogens with one attached hydrogen (secondary N) is 2. The summed E-state index contributed by atoms with van der Waals surface area (Å²) in [4.78, 5) is 0.823. The van der Waals surface area contributed by atoms with Gasteiger partial charge in [-0.3, -0.25) is 0 Å². The van der Waals surface area contributed by atoms with E-state index in [-0.39, 0.29) is 0 Å². The molecule has 0 unspecified atom stereocenters. The minimum atomic E-state index is -3.24. The topological polar surface area (TPSA) is 87.7 Å². The maximum atomic E-state index is 11.9. The molecule has 0 radical (unpaired) electrons. The van der Waals surface area contributed by atoms with Gasteiger partial charge in [-0.15, -0.1) is 0 Å². The predicted molar refractivity (Wildman–Crippen MR) is 95.0 cm³/mol. The van der Waals surface area contributed by atoms with Crippen LogP contribution in [-0.2, 0) is 14.4 Å². The molecule has 0 saturated carbocycles. The molecular formula is C15H26N2O4S2. The van der Waals surface area contributed by atoms with Crippen molar-refractivity contribution in [2.45, 2.75) is 49.7 Å². The summed E-state index contributed by atoms with van der Waals surface area (Å²) in [5.74, 6) is 0. The maximum Gasteiger partial charge on any atom is 0.216 e. The number of hydrogen-bond donors (Lipinski definition) is 3. The molecule has 1 aromatic rings. The van der Waals surface area contributed by atoms with Crippen molar-refractivity contribution in [3.63, 3.8) is 0 Å². The molecule has 0 saturated heterocycles. The van der Waals surface area contributed by atoms with E-state index in [1.54, 1.807) is 20.8 Å². The van der Waals surface area contributed by atoms with Gasteiger partial charge in [0.15, 0.2) is 0 Å². The monoisotopic (exact) mass is 362 g/mol. The molecule has 0 aliphatic heterocycles. The van der Waals surface area contributed by atoms with Crippen LogP contribution in [0, 0.1) is 0 Å². The number of sulfonamides is 1. The van der Waals surface area contributed by atoms with Gasteiger partial charge in [-0.1, -0.05) is 6.42 Å². The molecule has 0 atom stereocenters. The van der Waals surface area contributed by atoms with Gasteiger partial charge >= 0.3 is 0 Å². The molecule has 132 valence electrons. The highest BCUT2D eigenvalue weighted by molar-refractivity contribution is 7.94. The van der Waals surface area contributed by atoms with E-state index in [0.717, 1.165) is 48.4 Å². The Morgan fingerprint density at radius 3 is 2.26 bits per heavy atom. The second-order valence-electron chi connectivity index (χ2n) is 6.18. The lowest BCUT2D eigenvalue weighted by atomic mass is 10.2. The van der Waals surface area contributed by atoms with Gasteiger partial charge in [0.25, 0.3) is 0 Å². The van der Waals surface area contributed by atoms with Gasteiger partial charge in [-0.2, -0.15) is 4.33 Å². The number of hydrogen-bond acceptors (Lipinski definition) is 6. The Morgan fingerprint density at radius 1 is 1.09 bits per heavy atom. The summed E-state index contributed by atoms with van der Waals surface area (Å²) in [5, 5.41) is 11.6. The first-order valence-corrected chi connectivity index (χ1v) is 9.80. The molecule has 0 aliphatic rings. The van der Waals surface area contributed by atoms with E-state index in [1.165, 1.54) is 0 Å². The molecule has 0 aromatic heterocycles. The molecule has 1 rings (SSSR count).